The quantitative estimate of drug-likeness (QED) is 0.314. The number of benzene rings is 4. The number of ether oxygens (including phenoxy) is 3. The van der Waals surface area contributed by atoms with Crippen molar-refractivity contribution in [1.82, 2.24) is 5.01 Å². The second kappa shape index (κ2) is 8.51. The van der Waals surface area contributed by atoms with Gasteiger partial charge in [-0.05, 0) is 51.9 Å². The van der Waals surface area contributed by atoms with Gasteiger partial charge in [0.25, 0.3) is 0 Å². The number of methoxy groups -OCH3 is 1. The molecule has 1 aliphatic heterocycles. The average molecular weight is 454 g/mol. The van der Waals surface area contributed by atoms with E-state index < -0.39 is 12.2 Å². The van der Waals surface area contributed by atoms with E-state index in [1.807, 2.05) is 66.7 Å². The maximum absolute atomic E-state index is 12.6. The van der Waals surface area contributed by atoms with Crippen LogP contribution in [0.3, 0.4) is 0 Å². The predicted molar refractivity (Wildman–Crippen MR) is 129 cm³/mol. The van der Waals surface area contributed by atoms with Gasteiger partial charge in [-0.2, -0.15) is 5.01 Å². The van der Waals surface area contributed by atoms with Crippen LogP contribution in [0.15, 0.2) is 77.9 Å². The highest BCUT2D eigenvalue weighted by atomic mass is 16.5. The number of amides is 1. The fourth-order valence-electron chi connectivity index (χ4n) is 4.13. The van der Waals surface area contributed by atoms with Crippen LogP contribution in [0.25, 0.3) is 21.5 Å². The number of hydrogen-bond acceptors (Lipinski definition) is 6. The predicted octanol–water partition coefficient (Wildman–Crippen LogP) is 5.17. The molecule has 0 aliphatic carbocycles. The van der Waals surface area contributed by atoms with Crippen LogP contribution >= 0.6 is 0 Å². The summed E-state index contributed by atoms with van der Waals surface area (Å²) in [7, 11) is 1.63. The number of carbonyl (C=O) groups excluding carboxylic acids is 2. The first-order valence-corrected chi connectivity index (χ1v) is 10.8. The van der Waals surface area contributed by atoms with Crippen molar-refractivity contribution >= 4 is 39.3 Å². The minimum atomic E-state index is -0.889. The van der Waals surface area contributed by atoms with Gasteiger partial charge in [0.15, 0.2) is 0 Å². The van der Waals surface area contributed by atoms with Crippen LogP contribution in [0.5, 0.6) is 11.5 Å². The van der Waals surface area contributed by atoms with Gasteiger partial charge < -0.3 is 14.2 Å². The molecule has 0 radical (unpaired) electrons. The third-order valence-corrected chi connectivity index (χ3v) is 5.69. The van der Waals surface area contributed by atoms with Gasteiger partial charge in [-0.1, -0.05) is 42.5 Å². The van der Waals surface area contributed by atoms with Crippen LogP contribution < -0.4 is 9.47 Å². The van der Waals surface area contributed by atoms with Crippen LogP contribution in [0.2, 0.25) is 0 Å². The molecule has 0 unspecified atom stereocenters. The summed E-state index contributed by atoms with van der Waals surface area (Å²) in [4.78, 5) is 24.4. The van der Waals surface area contributed by atoms with Crippen molar-refractivity contribution in [2.24, 2.45) is 5.10 Å². The minimum Gasteiger partial charge on any atom is -0.497 e. The molecular weight excluding hydrogens is 432 g/mol. The topological polar surface area (TPSA) is 77.4 Å². The molecule has 7 heteroatoms. The Bertz CT molecular complexity index is 1480. The van der Waals surface area contributed by atoms with Crippen molar-refractivity contribution in [2.75, 3.05) is 7.11 Å². The maximum Gasteiger partial charge on any atom is 0.308 e. The lowest BCUT2D eigenvalue weighted by molar-refractivity contribution is -0.135. The van der Waals surface area contributed by atoms with Gasteiger partial charge in [0, 0.05) is 19.4 Å². The first kappa shape index (κ1) is 21.5. The third kappa shape index (κ3) is 3.81. The molecule has 0 saturated heterocycles. The monoisotopic (exact) mass is 454 g/mol. The van der Waals surface area contributed by atoms with Crippen LogP contribution in [0.1, 0.15) is 31.2 Å². The van der Waals surface area contributed by atoms with Crippen molar-refractivity contribution in [3.63, 3.8) is 0 Å². The highest BCUT2D eigenvalue weighted by molar-refractivity contribution is 6.01. The number of carbonyl (C=O) groups is 2. The van der Waals surface area contributed by atoms with Gasteiger partial charge >= 0.3 is 5.97 Å². The summed E-state index contributed by atoms with van der Waals surface area (Å²) in [5.41, 5.74) is 1.29. The number of rotatable bonds is 4. The number of fused-ring (bicyclic) bond motifs is 2. The lowest BCUT2D eigenvalue weighted by Gasteiger charge is -2.23. The normalized spacial score (nSPS) is 15.2. The molecular formula is C27H22N2O5. The summed E-state index contributed by atoms with van der Waals surface area (Å²) in [6, 6.07) is 22.8. The zero-order chi connectivity index (χ0) is 23.8. The standard InChI is InChI=1S/C27H22N2O5/c1-16(30)29-27(25-23-7-5-4-6-18(23)11-13-24(25)33-17(2)31)34-26(28-29)21-9-8-20-15-22(32-3)12-10-19(20)14-21/h4-15,27H,1-3H3/t27-/m1/s1. The molecule has 5 rings (SSSR count). The second-order valence-electron chi connectivity index (χ2n) is 7.96. The van der Waals surface area contributed by atoms with E-state index in [4.69, 9.17) is 14.2 Å². The maximum atomic E-state index is 12.6. The Kier molecular flexibility index (Phi) is 5.37. The summed E-state index contributed by atoms with van der Waals surface area (Å²) >= 11 is 0. The lowest BCUT2D eigenvalue weighted by Crippen LogP contribution is -2.26. The van der Waals surface area contributed by atoms with Gasteiger partial charge in [0.1, 0.15) is 11.5 Å². The van der Waals surface area contributed by atoms with Crippen molar-refractivity contribution < 1.29 is 23.8 Å². The Morgan fingerprint density at radius 3 is 2.41 bits per heavy atom. The molecule has 0 saturated carbocycles. The summed E-state index contributed by atoms with van der Waals surface area (Å²) < 4.78 is 17.1. The first-order chi connectivity index (χ1) is 16.4. The van der Waals surface area contributed by atoms with Gasteiger partial charge in [0.2, 0.25) is 18.0 Å². The zero-order valence-corrected chi connectivity index (χ0v) is 18.9. The molecule has 0 fully saturated rings. The van der Waals surface area contributed by atoms with Crippen molar-refractivity contribution in [2.45, 2.75) is 20.1 Å². The molecule has 4 aromatic carbocycles. The Morgan fingerprint density at radius 1 is 0.912 bits per heavy atom. The summed E-state index contributed by atoms with van der Waals surface area (Å²) in [5.74, 6) is 0.637. The first-order valence-electron chi connectivity index (χ1n) is 10.8. The van der Waals surface area contributed by atoms with Gasteiger partial charge in [-0.15, -0.1) is 5.10 Å². The summed E-state index contributed by atoms with van der Waals surface area (Å²) in [5, 5.41) is 9.49. The molecule has 1 aliphatic rings. The van der Waals surface area contributed by atoms with E-state index in [0.29, 0.717) is 17.2 Å². The SMILES string of the molecule is COc1ccc2cc(C3=NN(C(C)=O)[C@@H](c4c(OC(C)=O)ccc5ccccc45)O3)ccc2c1. The van der Waals surface area contributed by atoms with E-state index in [9.17, 15) is 9.59 Å². The molecule has 7 nitrogen and oxygen atoms in total. The highest BCUT2D eigenvalue weighted by Crippen LogP contribution is 2.40. The molecule has 0 N–H and O–H groups in total. The van der Waals surface area contributed by atoms with E-state index in [0.717, 1.165) is 32.9 Å². The van der Waals surface area contributed by atoms with Crippen molar-refractivity contribution in [1.29, 1.82) is 0 Å². The molecule has 34 heavy (non-hydrogen) atoms. The Labute approximate surface area is 196 Å². The molecule has 170 valence electrons. The molecule has 0 spiro atoms. The summed E-state index contributed by atoms with van der Waals surface area (Å²) in [6.45, 7) is 2.76. The van der Waals surface area contributed by atoms with E-state index in [1.165, 1.54) is 18.9 Å². The molecule has 0 bridgehead atoms. The largest absolute Gasteiger partial charge is 0.497 e. The molecule has 1 amide bonds. The van der Waals surface area contributed by atoms with Gasteiger partial charge in [0.05, 0.1) is 12.7 Å². The zero-order valence-electron chi connectivity index (χ0n) is 18.9. The van der Waals surface area contributed by atoms with E-state index in [1.54, 1.807) is 13.2 Å². The lowest BCUT2D eigenvalue weighted by atomic mass is 10.0. The molecule has 1 atom stereocenters. The van der Waals surface area contributed by atoms with Crippen molar-refractivity contribution in [3.05, 3.63) is 83.9 Å². The fraction of sp³-hybridized carbons (Fsp3) is 0.148. The highest BCUT2D eigenvalue weighted by Gasteiger charge is 2.36. The number of nitrogens with zero attached hydrogens (tertiary/aromatic N) is 2. The van der Waals surface area contributed by atoms with E-state index in [2.05, 4.69) is 5.10 Å². The van der Waals surface area contributed by atoms with Crippen LogP contribution in [-0.4, -0.2) is 29.9 Å². The average Bonchev–Trinajstić information content (AvgIpc) is 3.28. The summed E-state index contributed by atoms with van der Waals surface area (Å²) in [6.07, 6.45) is -0.889. The third-order valence-electron chi connectivity index (χ3n) is 5.69. The molecule has 0 aromatic heterocycles. The molecule has 4 aromatic rings. The van der Waals surface area contributed by atoms with Crippen molar-refractivity contribution in [3.8, 4) is 11.5 Å². The second-order valence-corrected chi connectivity index (χ2v) is 7.96. The van der Waals surface area contributed by atoms with E-state index >= 15 is 0 Å². The Morgan fingerprint density at radius 2 is 1.65 bits per heavy atom. The van der Waals surface area contributed by atoms with Crippen LogP contribution in [-0.2, 0) is 14.3 Å². The Hall–Kier alpha value is -4.39. The van der Waals surface area contributed by atoms with Crippen LogP contribution in [0, 0.1) is 0 Å². The number of hydrogen-bond donors (Lipinski definition) is 0. The van der Waals surface area contributed by atoms with Crippen LogP contribution in [0.4, 0.5) is 0 Å². The fourth-order valence-corrected chi connectivity index (χ4v) is 4.13. The smallest absolute Gasteiger partial charge is 0.308 e. The number of hydrazone groups is 1. The van der Waals surface area contributed by atoms with Gasteiger partial charge in [-0.25, -0.2) is 0 Å². The minimum absolute atomic E-state index is 0.299. The molecule has 1 heterocycles. The number of esters is 1. The Balaban J connectivity index is 1.60. The van der Waals surface area contributed by atoms with E-state index in [-0.39, 0.29) is 5.91 Å². The van der Waals surface area contributed by atoms with Gasteiger partial charge in [-0.3, -0.25) is 9.59 Å².